The molecule has 0 N–H and O–H groups in total. The first-order valence-electron chi connectivity index (χ1n) is 15.7. The van der Waals surface area contributed by atoms with Gasteiger partial charge in [-0.2, -0.15) is 0 Å². The Balaban J connectivity index is 0.000000510. The van der Waals surface area contributed by atoms with E-state index in [1.54, 1.807) is 0 Å². The van der Waals surface area contributed by atoms with Crippen LogP contribution in [0.4, 0.5) is 0 Å². The van der Waals surface area contributed by atoms with Gasteiger partial charge in [-0.1, -0.05) is 64.3 Å². The molecular formula is C36H54N2Ni. The van der Waals surface area contributed by atoms with E-state index in [0.29, 0.717) is 0 Å². The van der Waals surface area contributed by atoms with E-state index in [2.05, 4.69) is 89.2 Å². The van der Waals surface area contributed by atoms with Crippen LogP contribution in [0.2, 0.25) is 10.8 Å². The van der Waals surface area contributed by atoms with Crippen molar-refractivity contribution in [1.29, 1.82) is 0 Å². The summed E-state index contributed by atoms with van der Waals surface area (Å²) in [4.78, 5) is 0. The third kappa shape index (κ3) is 11.6. The number of rotatable bonds is 17. The Morgan fingerprint density at radius 2 is 1.00 bits per heavy atom. The third-order valence-corrected chi connectivity index (χ3v) is 8.52. The zero-order valence-corrected chi connectivity index (χ0v) is 26.5. The molecule has 1 aliphatic heterocycles. The van der Waals surface area contributed by atoms with Crippen LogP contribution in [0.15, 0.2) is 60.2 Å². The summed E-state index contributed by atoms with van der Waals surface area (Å²) in [6.45, 7) is 11.2. The Hall–Kier alpha value is -1.99. The molecule has 39 heavy (non-hydrogen) atoms. The number of hydrogen-bond acceptors (Lipinski definition) is 0. The summed E-state index contributed by atoms with van der Waals surface area (Å²) < 4.78 is 1.41. The fourth-order valence-corrected chi connectivity index (χ4v) is 5.96. The molecule has 0 saturated heterocycles. The van der Waals surface area contributed by atoms with Gasteiger partial charge >= 0.3 is 64.8 Å². The molecule has 0 fully saturated rings. The molecular weight excluding hydrogens is 519 g/mol. The van der Waals surface area contributed by atoms with Gasteiger partial charge in [0, 0.05) is 22.8 Å². The fraction of sp³-hybridized carbons (Fsp3) is 0.556. The SMILES string of the molecule is CCCCC1=C(c2ccc(CCCC)cc2)[N+](=[N-])C(c2ccc(CCCC)cc2)=C1.CCC[CH2][Ni][CH2]CCC. The maximum atomic E-state index is 11.2. The molecule has 0 saturated carbocycles. The van der Waals surface area contributed by atoms with Gasteiger partial charge in [-0.25, -0.2) is 4.70 Å². The number of allylic oxidation sites excluding steroid dienone is 2. The topological polar surface area (TPSA) is 25.3 Å². The monoisotopic (exact) mass is 572 g/mol. The minimum absolute atomic E-state index is 0.883. The Labute approximate surface area is 246 Å². The van der Waals surface area contributed by atoms with Crippen LogP contribution in [0.3, 0.4) is 0 Å². The van der Waals surface area contributed by atoms with Crippen molar-refractivity contribution >= 4 is 11.4 Å². The predicted molar refractivity (Wildman–Crippen MR) is 168 cm³/mol. The summed E-state index contributed by atoms with van der Waals surface area (Å²) in [6, 6.07) is 17.5. The van der Waals surface area contributed by atoms with Crippen molar-refractivity contribution < 1.29 is 19.1 Å². The summed E-state index contributed by atoms with van der Waals surface area (Å²) in [5.41, 5.74) is 19.1. The van der Waals surface area contributed by atoms with E-state index in [1.807, 2.05) is 14.4 Å². The first kappa shape index (κ1) is 33.2. The second-order valence-corrected chi connectivity index (χ2v) is 12.1. The number of aryl methyl sites for hydroxylation is 2. The second-order valence-electron chi connectivity index (χ2n) is 10.6. The van der Waals surface area contributed by atoms with Crippen molar-refractivity contribution in [3.05, 3.63) is 88.0 Å². The van der Waals surface area contributed by atoms with Crippen molar-refractivity contribution in [2.75, 3.05) is 0 Å². The Bertz CT molecular complexity index is 1010. The second kappa shape index (κ2) is 20.0. The molecule has 0 spiro atoms. The van der Waals surface area contributed by atoms with Crippen molar-refractivity contribution in [3.63, 3.8) is 0 Å². The molecule has 2 aromatic carbocycles. The molecule has 1 heterocycles. The number of hydrogen-bond donors (Lipinski definition) is 0. The Morgan fingerprint density at radius 1 is 0.564 bits per heavy atom. The molecule has 1 aliphatic rings. The van der Waals surface area contributed by atoms with Gasteiger partial charge in [0.2, 0.25) is 11.4 Å². The van der Waals surface area contributed by atoms with Gasteiger partial charge in [0.05, 0.1) is 0 Å². The molecule has 218 valence electrons. The molecule has 3 rings (SSSR count). The van der Waals surface area contributed by atoms with Gasteiger partial charge in [0.1, 0.15) is 0 Å². The van der Waals surface area contributed by atoms with E-state index < -0.39 is 0 Å². The van der Waals surface area contributed by atoms with Crippen molar-refractivity contribution in [2.45, 2.75) is 129 Å². The van der Waals surface area contributed by atoms with Crippen molar-refractivity contribution in [3.8, 4) is 0 Å². The maximum absolute atomic E-state index is 11.2. The summed E-state index contributed by atoms with van der Waals surface area (Å²) in [5.74, 6) is 0. The van der Waals surface area contributed by atoms with E-state index in [0.717, 1.165) is 54.6 Å². The first-order valence-corrected chi connectivity index (χ1v) is 17.1. The summed E-state index contributed by atoms with van der Waals surface area (Å²) in [5, 5.41) is 2.78. The number of benzene rings is 2. The molecule has 0 amide bonds. The fourth-order valence-electron chi connectivity index (χ4n) is 4.52. The van der Waals surface area contributed by atoms with E-state index >= 15 is 0 Å². The Kier molecular flexibility index (Phi) is 17.0. The number of nitrogens with zero attached hydrogens (tertiary/aromatic N) is 2. The summed E-state index contributed by atoms with van der Waals surface area (Å²) in [7, 11) is 0. The molecule has 0 aliphatic carbocycles. The molecule has 2 nitrogen and oxygen atoms in total. The molecule has 2 aromatic rings. The van der Waals surface area contributed by atoms with Crippen LogP contribution >= 0.6 is 0 Å². The van der Waals surface area contributed by atoms with Crippen LogP contribution in [0.5, 0.6) is 0 Å². The van der Waals surface area contributed by atoms with E-state index in [4.69, 9.17) is 0 Å². The van der Waals surface area contributed by atoms with E-state index in [-0.39, 0.29) is 0 Å². The molecule has 0 atom stereocenters. The van der Waals surface area contributed by atoms with Crippen molar-refractivity contribution in [2.24, 2.45) is 0 Å². The average molecular weight is 574 g/mol. The third-order valence-electron chi connectivity index (χ3n) is 7.12. The summed E-state index contributed by atoms with van der Waals surface area (Å²) in [6.07, 6.45) is 18.0. The van der Waals surface area contributed by atoms with Crippen LogP contribution in [0, 0.1) is 0 Å². The average Bonchev–Trinajstić information content (AvgIpc) is 3.30. The van der Waals surface area contributed by atoms with E-state index in [1.165, 1.54) is 83.5 Å². The van der Waals surface area contributed by atoms with E-state index in [9.17, 15) is 5.53 Å². The van der Waals surface area contributed by atoms with Gasteiger partial charge in [-0.3, -0.25) is 0 Å². The van der Waals surface area contributed by atoms with Crippen LogP contribution in [0.25, 0.3) is 16.9 Å². The molecule has 0 bridgehead atoms. The van der Waals surface area contributed by atoms with Crippen molar-refractivity contribution in [1.82, 2.24) is 0 Å². The minimum atomic E-state index is 0.883. The standard InChI is InChI=1S/C28H36N2.2C4H9.Ni/c1-4-7-10-22-13-17-24(18-14-22)27-21-26(12-9-6-3)28(30(27)29)25-19-15-23(16-20-25)11-8-5-2;2*1-3-4-2;/h13-21H,4-12H2,1-3H3;2*1,3-4H2,2H3;. The van der Waals surface area contributed by atoms with Gasteiger partial charge in [0.15, 0.2) is 0 Å². The normalized spacial score (nSPS) is 13.1. The van der Waals surface area contributed by atoms with Crippen LogP contribution in [0.1, 0.15) is 128 Å². The van der Waals surface area contributed by atoms with Gasteiger partial charge < -0.3 is 5.53 Å². The molecule has 0 aromatic heterocycles. The van der Waals surface area contributed by atoms with Gasteiger partial charge in [-0.15, -0.1) is 0 Å². The van der Waals surface area contributed by atoms with Crippen LogP contribution in [-0.4, -0.2) is 4.70 Å². The zero-order chi connectivity index (χ0) is 28.3. The predicted octanol–water partition coefficient (Wildman–Crippen LogP) is 11.9. The zero-order valence-electron chi connectivity index (χ0n) is 25.5. The van der Waals surface area contributed by atoms with Gasteiger partial charge in [-0.05, 0) is 73.9 Å². The number of unbranched alkanes of at least 4 members (excludes halogenated alkanes) is 5. The van der Waals surface area contributed by atoms with Crippen LogP contribution in [-0.2, 0) is 27.3 Å². The molecule has 3 heteroatoms. The quantitative estimate of drug-likeness (QED) is 0.102. The summed E-state index contributed by atoms with van der Waals surface area (Å²) >= 11 is 1.94. The Morgan fingerprint density at radius 3 is 1.46 bits per heavy atom. The van der Waals surface area contributed by atoms with Gasteiger partial charge in [0.25, 0.3) is 0 Å². The molecule has 0 radical (unpaired) electrons. The van der Waals surface area contributed by atoms with Crippen LogP contribution < -0.4 is 0 Å². The first-order chi connectivity index (χ1) is 19.1. The molecule has 0 unspecified atom stereocenters.